The molecular weight excluding hydrogens is 488 g/mol. The van der Waals surface area contributed by atoms with Gasteiger partial charge in [-0.25, -0.2) is 9.97 Å². The normalized spacial score (nSPS) is 14.0. The Morgan fingerprint density at radius 3 is 2.73 bits per heavy atom. The standard InChI is InChI=1S/C26H30N8O2S/c1-2-27-26(37)32-24-8-7-22-25(31-24)30-23(16-28-22)20-15-29-34(18-20)17-19-3-5-21(6-4-19)36-14-11-33-9-12-35-13-10-33/h3-8,15-16,18H,2,9-14,17H2,1H3,(H2,27,30,31,32,37). The number of rotatable bonds is 9. The molecule has 192 valence electrons. The summed E-state index contributed by atoms with van der Waals surface area (Å²) in [4.78, 5) is 16.1. The highest BCUT2D eigenvalue weighted by Crippen LogP contribution is 2.20. The number of hydrogen-bond acceptors (Lipinski definition) is 8. The second-order valence-electron chi connectivity index (χ2n) is 8.65. The molecule has 10 nitrogen and oxygen atoms in total. The first-order valence-corrected chi connectivity index (χ1v) is 12.8. The third kappa shape index (κ3) is 6.76. The van der Waals surface area contributed by atoms with E-state index in [4.69, 9.17) is 26.7 Å². The molecule has 1 aliphatic heterocycles. The predicted molar refractivity (Wildman–Crippen MR) is 147 cm³/mol. The lowest BCUT2D eigenvalue weighted by Crippen LogP contribution is -2.38. The van der Waals surface area contributed by atoms with Crippen LogP contribution >= 0.6 is 12.2 Å². The first-order chi connectivity index (χ1) is 18.2. The second kappa shape index (κ2) is 12.0. The summed E-state index contributed by atoms with van der Waals surface area (Å²) in [5.41, 5.74) is 3.97. The Kier molecular flexibility index (Phi) is 8.14. The number of ether oxygens (including phenoxy) is 2. The van der Waals surface area contributed by atoms with Crippen LogP contribution in [-0.2, 0) is 11.3 Å². The predicted octanol–water partition coefficient (Wildman–Crippen LogP) is 2.95. The van der Waals surface area contributed by atoms with Crippen molar-refractivity contribution in [3.63, 3.8) is 0 Å². The third-order valence-electron chi connectivity index (χ3n) is 5.96. The Hall–Kier alpha value is -3.67. The van der Waals surface area contributed by atoms with Gasteiger partial charge in [-0.15, -0.1) is 0 Å². The first-order valence-electron chi connectivity index (χ1n) is 12.4. The van der Waals surface area contributed by atoms with Gasteiger partial charge >= 0.3 is 0 Å². The Labute approximate surface area is 221 Å². The molecule has 11 heteroatoms. The van der Waals surface area contributed by atoms with Crippen molar-refractivity contribution in [2.24, 2.45) is 0 Å². The zero-order chi connectivity index (χ0) is 25.5. The van der Waals surface area contributed by atoms with Crippen LogP contribution in [0.1, 0.15) is 12.5 Å². The molecule has 1 saturated heterocycles. The molecule has 1 aromatic carbocycles. The number of fused-ring (bicyclic) bond motifs is 1. The van der Waals surface area contributed by atoms with E-state index in [1.807, 2.05) is 42.1 Å². The lowest BCUT2D eigenvalue weighted by atomic mass is 10.2. The van der Waals surface area contributed by atoms with Crippen molar-refractivity contribution in [3.05, 3.63) is 60.6 Å². The van der Waals surface area contributed by atoms with Gasteiger partial charge in [0.25, 0.3) is 0 Å². The Morgan fingerprint density at radius 1 is 1.08 bits per heavy atom. The number of aromatic nitrogens is 5. The average molecular weight is 519 g/mol. The van der Waals surface area contributed by atoms with Crippen molar-refractivity contribution in [3.8, 4) is 17.0 Å². The SMILES string of the molecule is CCNC(=S)Nc1ccc2ncc(-c3cnn(Cc4ccc(OCCN5CCOCC5)cc4)c3)nc2n1. The van der Waals surface area contributed by atoms with E-state index in [2.05, 4.69) is 42.7 Å². The lowest BCUT2D eigenvalue weighted by Gasteiger charge is -2.26. The van der Waals surface area contributed by atoms with Crippen LogP contribution in [0.4, 0.5) is 5.82 Å². The van der Waals surface area contributed by atoms with E-state index < -0.39 is 0 Å². The monoisotopic (exact) mass is 518 g/mol. The van der Waals surface area contributed by atoms with Crippen LogP contribution in [0, 0.1) is 0 Å². The summed E-state index contributed by atoms with van der Waals surface area (Å²) >= 11 is 5.25. The van der Waals surface area contributed by atoms with E-state index in [1.54, 1.807) is 12.4 Å². The average Bonchev–Trinajstić information content (AvgIpc) is 3.38. The lowest BCUT2D eigenvalue weighted by molar-refractivity contribution is 0.0322. The smallest absolute Gasteiger partial charge is 0.180 e. The summed E-state index contributed by atoms with van der Waals surface area (Å²) in [6.45, 7) is 8.50. The molecular formula is C26H30N8O2S. The largest absolute Gasteiger partial charge is 0.492 e. The zero-order valence-electron chi connectivity index (χ0n) is 20.8. The summed E-state index contributed by atoms with van der Waals surface area (Å²) in [6.07, 6.45) is 5.50. The van der Waals surface area contributed by atoms with E-state index in [-0.39, 0.29) is 0 Å². The van der Waals surface area contributed by atoms with Gasteiger partial charge in [0.1, 0.15) is 23.7 Å². The highest BCUT2D eigenvalue weighted by Gasteiger charge is 2.11. The maximum absolute atomic E-state index is 5.91. The summed E-state index contributed by atoms with van der Waals surface area (Å²) in [6, 6.07) is 11.9. The zero-order valence-corrected chi connectivity index (χ0v) is 21.6. The molecule has 0 unspecified atom stereocenters. The Morgan fingerprint density at radius 2 is 1.92 bits per heavy atom. The van der Waals surface area contributed by atoms with Crippen LogP contribution in [-0.4, -0.2) is 80.7 Å². The fourth-order valence-electron chi connectivity index (χ4n) is 4.01. The number of thiocarbonyl (C=S) groups is 1. The van der Waals surface area contributed by atoms with Crippen LogP contribution in [0.5, 0.6) is 5.75 Å². The molecule has 4 aromatic rings. The number of anilines is 1. The van der Waals surface area contributed by atoms with Gasteiger partial charge < -0.3 is 20.1 Å². The van der Waals surface area contributed by atoms with Crippen molar-refractivity contribution in [1.29, 1.82) is 0 Å². The van der Waals surface area contributed by atoms with Crippen LogP contribution in [0.15, 0.2) is 55.0 Å². The molecule has 37 heavy (non-hydrogen) atoms. The molecule has 5 rings (SSSR count). The minimum atomic E-state index is 0.521. The van der Waals surface area contributed by atoms with Crippen molar-refractivity contribution in [2.45, 2.75) is 13.5 Å². The summed E-state index contributed by atoms with van der Waals surface area (Å²) in [7, 11) is 0. The van der Waals surface area contributed by atoms with E-state index in [1.165, 1.54) is 0 Å². The Balaban J connectivity index is 1.19. The fourth-order valence-corrected chi connectivity index (χ4v) is 4.25. The highest BCUT2D eigenvalue weighted by molar-refractivity contribution is 7.80. The molecule has 0 saturated carbocycles. The summed E-state index contributed by atoms with van der Waals surface area (Å²) in [5.74, 6) is 1.49. The van der Waals surface area contributed by atoms with Gasteiger partial charge in [0.05, 0.1) is 37.8 Å². The van der Waals surface area contributed by atoms with Gasteiger partial charge in [-0.05, 0) is 49.0 Å². The summed E-state index contributed by atoms with van der Waals surface area (Å²) in [5, 5.41) is 11.1. The molecule has 1 fully saturated rings. The van der Waals surface area contributed by atoms with E-state index in [0.29, 0.717) is 40.9 Å². The molecule has 0 aliphatic carbocycles. The number of morpholine rings is 1. The van der Waals surface area contributed by atoms with Gasteiger partial charge in [-0.3, -0.25) is 14.6 Å². The number of pyridine rings is 1. The van der Waals surface area contributed by atoms with E-state index >= 15 is 0 Å². The second-order valence-corrected chi connectivity index (χ2v) is 9.06. The molecule has 2 N–H and O–H groups in total. The number of benzene rings is 1. The maximum Gasteiger partial charge on any atom is 0.180 e. The van der Waals surface area contributed by atoms with Gasteiger partial charge in [-0.1, -0.05) is 12.1 Å². The maximum atomic E-state index is 5.91. The number of nitrogens with one attached hydrogen (secondary N) is 2. The Bertz CT molecular complexity index is 1340. The number of nitrogens with zero attached hydrogens (tertiary/aromatic N) is 6. The molecule has 3 aromatic heterocycles. The van der Waals surface area contributed by atoms with E-state index in [9.17, 15) is 0 Å². The topological polar surface area (TPSA) is 102 Å². The van der Waals surface area contributed by atoms with Gasteiger partial charge in [0.15, 0.2) is 10.8 Å². The van der Waals surface area contributed by atoms with Crippen molar-refractivity contribution in [1.82, 2.24) is 34.9 Å². The van der Waals surface area contributed by atoms with E-state index in [0.717, 1.165) is 56.3 Å². The fraction of sp³-hybridized carbons (Fsp3) is 0.346. The van der Waals surface area contributed by atoms with Crippen molar-refractivity contribution < 1.29 is 9.47 Å². The van der Waals surface area contributed by atoms with Gasteiger partial charge in [0.2, 0.25) is 0 Å². The third-order valence-corrected chi connectivity index (χ3v) is 6.21. The molecule has 0 bridgehead atoms. The number of hydrogen-bond donors (Lipinski definition) is 2. The molecule has 0 spiro atoms. The van der Waals surface area contributed by atoms with Crippen molar-refractivity contribution in [2.75, 3.05) is 51.3 Å². The van der Waals surface area contributed by atoms with Crippen molar-refractivity contribution >= 4 is 34.3 Å². The van der Waals surface area contributed by atoms with Crippen LogP contribution in [0.2, 0.25) is 0 Å². The molecule has 0 radical (unpaired) electrons. The molecule has 0 amide bonds. The van der Waals surface area contributed by atoms with Gasteiger partial charge in [0, 0.05) is 37.9 Å². The minimum Gasteiger partial charge on any atom is -0.492 e. The van der Waals surface area contributed by atoms with Crippen LogP contribution < -0.4 is 15.4 Å². The highest BCUT2D eigenvalue weighted by atomic mass is 32.1. The molecule has 4 heterocycles. The molecule has 0 atom stereocenters. The van der Waals surface area contributed by atoms with Crippen LogP contribution in [0.25, 0.3) is 22.4 Å². The molecule has 1 aliphatic rings. The quantitative estimate of drug-likeness (QED) is 0.322. The first kappa shape index (κ1) is 25.0. The summed E-state index contributed by atoms with van der Waals surface area (Å²) < 4.78 is 13.2. The van der Waals surface area contributed by atoms with Crippen LogP contribution in [0.3, 0.4) is 0 Å². The van der Waals surface area contributed by atoms with Gasteiger partial charge in [-0.2, -0.15) is 5.10 Å². The minimum absolute atomic E-state index is 0.521.